The second-order valence-electron chi connectivity index (χ2n) is 9.86. The molecule has 0 saturated carbocycles. The van der Waals surface area contributed by atoms with Gasteiger partial charge in [0.2, 0.25) is 0 Å². The number of fused-ring (bicyclic) bond motifs is 3. The zero-order valence-electron chi connectivity index (χ0n) is 21.7. The summed E-state index contributed by atoms with van der Waals surface area (Å²) in [4.78, 5) is 38.4. The first kappa shape index (κ1) is 25.8. The normalized spacial score (nSPS) is 21.9. The molecule has 5 rings (SSSR count). The van der Waals surface area contributed by atoms with E-state index in [4.69, 9.17) is 23.7 Å². The minimum absolute atomic E-state index is 0.0805. The van der Waals surface area contributed by atoms with E-state index in [2.05, 4.69) is 0 Å². The Morgan fingerprint density at radius 1 is 0.947 bits per heavy atom. The number of ketones is 1. The van der Waals surface area contributed by atoms with E-state index in [0.29, 0.717) is 85.0 Å². The first-order chi connectivity index (χ1) is 18.4. The van der Waals surface area contributed by atoms with E-state index in [1.165, 1.54) is 7.11 Å². The summed E-state index contributed by atoms with van der Waals surface area (Å²) in [6.07, 6.45) is 7.11. The van der Waals surface area contributed by atoms with Crippen LogP contribution < -0.4 is 18.9 Å². The Balaban J connectivity index is 1.62. The molecule has 2 atom stereocenters. The van der Waals surface area contributed by atoms with Gasteiger partial charge >= 0.3 is 11.9 Å². The third-order valence-electron chi connectivity index (χ3n) is 7.13. The Labute approximate surface area is 221 Å². The van der Waals surface area contributed by atoms with Crippen LogP contribution in [0.15, 0.2) is 30.3 Å². The van der Waals surface area contributed by atoms with E-state index in [-0.39, 0.29) is 24.3 Å². The number of Topliss-reactive ketones (excluding diaryl/α,β-unsaturated/α-hetero) is 1. The van der Waals surface area contributed by atoms with Crippen LogP contribution in [0, 0.1) is 0 Å². The number of cyclic esters (lactones) is 1. The Morgan fingerprint density at radius 3 is 2.55 bits per heavy atom. The lowest BCUT2D eigenvalue weighted by Gasteiger charge is -2.29. The van der Waals surface area contributed by atoms with Gasteiger partial charge in [0.1, 0.15) is 36.1 Å². The monoisotopic (exact) mass is 520 g/mol. The maximum Gasteiger partial charge on any atom is 0.342 e. The van der Waals surface area contributed by atoms with Gasteiger partial charge in [-0.3, -0.25) is 9.59 Å². The standard InChI is InChI=1S/C30H32O8/c1-18-7-6-10-21(31)9-5-3-4-8-20-16-25-28(29(34-2)27(20)30(33)37-18)22(17-26(32)38-25)19-11-12-23-24(15-19)36-14-13-35-23/h4,8,11-12,15-16,18,22H,3,5-7,9-10,13-14,17H2,1-2H3/t18-,22+/m1/s1. The maximum absolute atomic E-state index is 13.6. The van der Waals surface area contributed by atoms with Gasteiger partial charge in [0.05, 0.1) is 19.6 Å². The first-order valence-corrected chi connectivity index (χ1v) is 13.2. The van der Waals surface area contributed by atoms with Crippen LogP contribution in [0.4, 0.5) is 0 Å². The molecular formula is C30H32O8. The molecule has 0 saturated heterocycles. The fourth-order valence-corrected chi connectivity index (χ4v) is 5.27. The van der Waals surface area contributed by atoms with Crippen LogP contribution in [-0.2, 0) is 14.3 Å². The molecule has 2 aromatic rings. The molecule has 0 amide bonds. The van der Waals surface area contributed by atoms with Gasteiger partial charge in [0, 0.05) is 24.3 Å². The zero-order chi connectivity index (χ0) is 26.6. The van der Waals surface area contributed by atoms with Crippen LogP contribution in [-0.4, -0.2) is 44.1 Å². The van der Waals surface area contributed by atoms with Gasteiger partial charge in [-0.2, -0.15) is 0 Å². The Hall–Kier alpha value is -3.81. The lowest BCUT2D eigenvalue weighted by molar-refractivity contribution is -0.135. The average Bonchev–Trinajstić information content (AvgIpc) is 2.90. The maximum atomic E-state index is 13.6. The van der Waals surface area contributed by atoms with Crippen LogP contribution in [0.3, 0.4) is 0 Å². The minimum Gasteiger partial charge on any atom is -0.495 e. The van der Waals surface area contributed by atoms with E-state index >= 15 is 0 Å². The van der Waals surface area contributed by atoms with E-state index in [0.717, 1.165) is 12.0 Å². The van der Waals surface area contributed by atoms with Gasteiger partial charge in [-0.15, -0.1) is 0 Å². The number of ether oxygens (including phenoxy) is 5. The zero-order valence-corrected chi connectivity index (χ0v) is 21.7. The van der Waals surface area contributed by atoms with Crippen molar-refractivity contribution in [3.05, 3.63) is 52.6 Å². The van der Waals surface area contributed by atoms with Crippen molar-refractivity contribution in [1.29, 1.82) is 0 Å². The summed E-state index contributed by atoms with van der Waals surface area (Å²) < 4.78 is 28.8. The van der Waals surface area contributed by atoms with Crippen LogP contribution in [0.1, 0.15) is 84.8 Å². The van der Waals surface area contributed by atoms with Gasteiger partial charge in [-0.1, -0.05) is 18.2 Å². The molecule has 0 aromatic heterocycles. The molecule has 0 N–H and O–H groups in total. The van der Waals surface area contributed by atoms with Crippen LogP contribution >= 0.6 is 0 Å². The van der Waals surface area contributed by atoms with Crippen molar-refractivity contribution in [2.45, 2.75) is 63.9 Å². The van der Waals surface area contributed by atoms with Gasteiger partial charge in [-0.05, 0) is 61.9 Å². The third kappa shape index (κ3) is 5.39. The van der Waals surface area contributed by atoms with E-state index in [9.17, 15) is 14.4 Å². The molecule has 200 valence electrons. The van der Waals surface area contributed by atoms with Gasteiger partial charge in [0.15, 0.2) is 11.5 Å². The van der Waals surface area contributed by atoms with Crippen molar-refractivity contribution in [3.8, 4) is 23.0 Å². The summed E-state index contributed by atoms with van der Waals surface area (Å²) >= 11 is 0. The van der Waals surface area contributed by atoms with Crippen molar-refractivity contribution in [2.75, 3.05) is 20.3 Å². The molecule has 38 heavy (non-hydrogen) atoms. The quantitative estimate of drug-likeness (QED) is 0.384. The number of rotatable bonds is 2. The highest BCUT2D eigenvalue weighted by Crippen LogP contribution is 2.48. The van der Waals surface area contributed by atoms with Gasteiger partial charge in [-0.25, -0.2) is 4.79 Å². The predicted molar refractivity (Wildman–Crippen MR) is 139 cm³/mol. The number of methoxy groups -OCH3 is 1. The summed E-state index contributed by atoms with van der Waals surface area (Å²) in [7, 11) is 1.50. The summed E-state index contributed by atoms with van der Waals surface area (Å²) in [5, 5.41) is 0. The SMILES string of the molecule is COc1c2c(cc3c1[C@H](c1ccc4c(c1)OCCO4)CC(=O)O3)C=CCCCC(=O)CCC[C@@H](C)OC2=O. The van der Waals surface area contributed by atoms with Gasteiger partial charge in [0.25, 0.3) is 0 Å². The van der Waals surface area contributed by atoms with Gasteiger partial charge < -0.3 is 23.7 Å². The predicted octanol–water partition coefficient (Wildman–Crippen LogP) is 5.39. The minimum atomic E-state index is -0.516. The molecule has 3 heterocycles. The number of carbonyl (C=O) groups is 3. The smallest absolute Gasteiger partial charge is 0.342 e. The molecule has 0 spiro atoms. The second-order valence-corrected chi connectivity index (χ2v) is 9.86. The number of allylic oxidation sites excluding steroid dienone is 1. The highest BCUT2D eigenvalue weighted by atomic mass is 16.6. The molecule has 2 aromatic carbocycles. The average molecular weight is 521 g/mol. The molecule has 8 heteroatoms. The fraction of sp³-hybridized carbons (Fsp3) is 0.433. The lowest BCUT2D eigenvalue weighted by atomic mass is 9.83. The summed E-state index contributed by atoms with van der Waals surface area (Å²) in [5.74, 6) is 0.850. The molecule has 0 bridgehead atoms. The molecule has 0 fully saturated rings. The van der Waals surface area contributed by atoms with E-state index in [1.54, 1.807) is 6.07 Å². The van der Waals surface area contributed by atoms with Crippen LogP contribution in [0.25, 0.3) is 6.08 Å². The molecule has 0 aliphatic carbocycles. The lowest BCUT2D eigenvalue weighted by Crippen LogP contribution is -2.24. The summed E-state index contributed by atoms with van der Waals surface area (Å²) in [5.41, 5.74) is 2.28. The first-order valence-electron chi connectivity index (χ1n) is 13.2. The summed E-state index contributed by atoms with van der Waals surface area (Å²) in [6, 6.07) is 7.30. The molecule has 3 aliphatic rings. The third-order valence-corrected chi connectivity index (χ3v) is 7.13. The Morgan fingerprint density at radius 2 is 1.74 bits per heavy atom. The summed E-state index contributed by atoms with van der Waals surface area (Å²) in [6.45, 7) is 2.75. The number of benzene rings is 2. The molecular weight excluding hydrogens is 488 g/mol. The molecule has 3 aliphatic heterocycles. The number of hydrogen-bond donors (Lipinski definition) is 0. The number of carbonyl (C=O) groups excluding carboxylic acids is 3. The largest absolute Gasteiger partial charge is 0.495 e. The number of hydrogen-bond acceptors (Lipinski definition) is 8. The molecule has 0 radical (unpaired) electrons. The second kappa shape index (κ2) is 11.3. The van der Waals surface area contributed by atoms with Crippen molar-refractivity contribution >= 4 is 23.8 Å². The van der Waals surface area contributed by atoms with Crippen molar-refractivity contribution < 1.29 is 38.1 Å². The fourth-order valence-electron chi connectivity index (χ4n) is 5.27. The highest BCUT2D eigenvalue weighted by molar-refractivity contribution is 5.99. The van der Waals surface area contributed by atoms with Crippen molar-refractivity contribution in [3.63, 3.8) is 0 Å². The van der Waals surface area contributed by atoms with Crippen molar-refractivity contribution in [2.24, 2.45) is 0 Å². The Kier molecular flexibility index (Phi) is 7.67. The Bertz CT molecular complexity index is 1280. The molecule has 0 unspecified atom stereocenters. The number of esters is 2. The topological polar surface area (TPSA) is 97.4 Å². The van der Waals surface area contributed by atoms with E-state index < -0.39 is 11.9 Å². The van der Waals surface area contributed by atoms with Crippen LogP contribution in [0.5, 0.6) is 23.0 Å². The molecule has 8 nitrogen and oxygen atoms in total. The highest BCUT2D eigenvalue weighted by Gasteiger charge is 2.36. The van der Waals surface area contributed by atoms with Crippen LogP contribution in [0.2, 0.25) is 0 Å². The van der Waals surface area contributed by atoms with Crippen molar-refractivity contribution in [1.82, 2.24) is 0 Å². The van der Waals surface area contributed by atoms with E-state index in [1.807, 2.05) is 37.3 Å².